The van der Waals surface area contributed by atoms with Gasteiger partial charge in [-0.15, -0.1) is 0 Å². The SMILES string of the molecule is CC/C(=C\c1cccc(N(C)C2CCOCC2)c1)C1C=CCC(/C(=C/c2cccc(N(C)C3CCOCC3)c2)CC)CCC(O)CC(=O)OC1. The molecule has 5 rings (SSSR count). The molecule has 3 unspecified atom stereocenters. The number of aliphatic hydroxyl groups excluding tert-OH is 1. The van der Waals surface area contributed by atoms with Gasteiger partial charge in [-0.2, -0.15) is 0 Å². The molecule has 2 fully saturated rings. The van der Waals surface area contributed by atoms with Crippen molar-refractivity contribution >= 4 is 29.5 Å². The van der Waals surface area contributed by atoms with E-state index in [1.54, 1.807) is 0 Å². The third-order valence-electron chi connectivity index (χ3n) is 11.0. The number of carbonyl (C=O) groups excluding carboxylic acids is 1. The Hall–Kier alpha value is -3.39. The van der Waals surface area contributed by atoms with Gasteiger partial charge >= 0.3 is 5.97 Å². The number of anilines is 2. The molecule has 0 bridgehead atoms. The van der Waals surface area contributed by atoms with Crippen molar-refractivity contribution in [2.45, 2.75) is 96.2 Å². The minimum Gasteiger partial charge on any atom is -0.465 e. The lowest BCUT2D eigenvalue weighted by Crippen LogP contribution is -2.36. The van der Waals surface area contributed by atoms with Gasteiger partial charge < -0.3 is 29.1 Å². The molecule has 0 aliphatic carbocycles. The van der Waals surface area contributed by atoms with Crippen molar-refractivity contribution in [1.82, 2.24) is 0 Å². The Kier molecular flexibility index (Phi) is 14.6. The lowest BCUT2D eigenvalue weighted by atomic mass is 9.85. The van der Waals surface area contributed by atoms with E-state index < -0.39 is 6.10 Å². The van der Waals surface area contributed by atoms with Crippen molar-refractivity contribution in [3.63, 3.8) is 0 Å². The van der Waals surface area contributed by atoms with E-state index in [1.165, 1.54) is 28.1 Å². The molecular formula is C43H60N2O5. The second-order valence-electron chi connectivity index (χ2n) is 14.3. The number of hydrogen-bond donors (Lipinski definition) is 1. The predicted octanol–water partition coefficient (Wildman–Crippen LogP) is 8.47. The van der Waals surface area contributed by atoms with Crippen LogP contribution in [0.2, 0.25) is 0 Å². The first-order chi connectivity index (χ1) is 24.3. The Morgan fingerprint density at radius 3 is 1.86 bits per heavy atom. The van der Waals surface area contributed by atoms with Crippen LogP contribution in [0.15, 0.2) is 71.8 Å². The Bertz CT molecular complexity index is 1450. The molecule has 2 aromatic rings. The lowest BCUT2D eigenvalue weighted by molar-refractivity contribution is -0.146. The van der Waals surface area contributed by atoms with E-state index in [1.807, 2.05) is 0 Å². The first-order valence-electron chi connectivity index (χ1n) is 19.1. The van der Waals surface area contributed by atoms with Crippen LogP contribution in [0.4, 0.5) is 11.4 Å². The van der Waals surface area contributed by atoms with Gasteiger partial charge in [-0.05, 0) is 99.1 Å². The first kappa shape index (κ1) is 37.9. The number of hydrogen-bond acceptors (Lipinski definition) is 7. The molecule has 2 saturated heterocycles. The van der Waals surface area contributed by atoms with Gasteiger partial charge in [-0.25, -0.2) is 0 Å². The summed E-state index contributed by atoms with van der Waals surface area (Å²) in [5.74, 6) is -0.102. The maximum Gasteiger partial charge on any atom is 0.308 e. The fourth-order valence-corrected chi connectivity index (χ4v) is 7.72. The van der Waals surface area contributed by atoms with Crippen LogP contribution < -0.4 is 9.80 Å². The van der Waals surface area contributed by atoms with E-state index in [9.17, 15) is 9.90 Å². The highest BCUT2D eigenvalue weighted by molar-refractivity contribution is 5.70. The van der Waals surface area contributed by atoms with Gasteiger partial charge in [0.1, 0.15) is 6.61 Å². The monoisotopic (exact) mass is 684 g/mol. The van der Waals surface area contributed by atoms with Gasteiger partial charge in [0.25, 0.3) is 0 Å². The predicted molar refractivity (Wildman–Crippen MR) is 205 cm³/mol. The minimum atomic E-state index is -0.710. The lowest BCUT2D eigenvalue weighted by Gasteiger charge is -2.33. The largest absolute Gasteiger partial charge is 0.465 e. The van der Waals surface area contributed by atoms with Crippen LogP contribution in [0.3, 0.4) is 0 Å². The number of cyclic esters (lactones) is 1. The van der Waals surface area contributed by atoms with E-state index in [0.29, 0.717) is 18.5 Å². The zero-order valence-electron chi connectivity index (χ0n) is 30.9. The van der Waals surface area contributed by atoms with Gasteiger partial charge in [0.2, 0.25) is 0 Å². The summed E-state index contributed by atoms with van der Waals surface area (Å²) in [6, 6.07) is 18.6. The molecule has 0 aromatic heterocycles. The van der Waals surface area contributed by atoms with Crippen LogP contribution in [0.5, 0.6) is 0 Å². The molecule has 0 spiro atoms. The highest BCUT2D eigenvalue weighted by Gasteiger charge is 2.23. The van der Waals surface area contributed by atoms with E-state index in [0.717, 1.165) is 83.4 Å². The van der Waals surface area contributed by atoms with E-state index in [2.05, 4.69) is 111 Å². The molecule has 2 aromatic carbocycles. The number of esters is 1. The molecule has 7 heteroatoms. The molecule has 3 aliphatic rings. The van der Waals surface area contributed by atoms with Crippen LogP contribution in [-0.2, 0) is 19.0 Å². The fourth-order valence-electron chi connectivity index (χ4n) is 7.72. The Morgan fingerprint density at radius 1 is 0.780 bits per heavy atom. The number of rotatable bonds is 10. The van der Waals surface area contributed by atoms with Gasteiger partial charge in [-0.1, -0.05) is 73.6 Å². The molecule has 7 nitrogen and oxygen atoms in total. The van der Waals surface area contributed by atoms with Crippen LogP contribution in [0.1, 0.15) is 89.2 Å². The summed E-state index contributed by atoms with van der Waals surface area (Å²) in [5, 5.41) is 10.9. The van der Waals surface area contributed by atoms with Crippen molar-refractivity contribution in [2.24, 2.45) is 11.8 Å². The Morgan fingerprint density at radius 2 is 1.32 bits per heavy atom. The molecule has 50 heavy (non-hydrogen) atoms. The molecule has 3 heterocycles. The van der Waals surface area contributed by atoms with Crippen LogP contribution in [0, 0.1) is 11.8 Å². The number of nitrogens with zero attached hydrogens (tertiary/aromatic N) is 2. The summed E-state index contributed by atoms with van der Waals surface area (Å²) < 4.78 is 17.0. The van der Waals surface area contributed by atoms with E-state index in [-0.39, 0.29) is 30.8 Å². The molecule has 272 valence electrons. The minimum absolute atomic E-state index is 0.0284. The number of carbonyl (C=O) groups is 1. The second kappa shape index (κ2) is 19.3. The van der Waals surface area contributed by atoms with E-state index in [4.69, 9.17) is 14.2 Å². The third-order valence-corrected chi connectivity index (χ3v) is 11.0. The van der Waals surface area contributed by atoms with E-state index >= 15 is 0 Å². The quantitative estimate of drug-likeness (QED) is 0.199. The first-order valence-corrected chi connectivity index (χ1v) is 19.1. The zero-order chi connectivity index (χ0) is 35.3. The molecule has 0 amide bonds. The van der Waals surface area contributed by atoms with Crippen LogP contribution in [0.25, 0.3) is 12.2 Å². The highest BCUT2D eigenvalue weighted by atomic mass is 16.5. The summed E-state index contributed by atoms with van der Waals surface area (Å²) in [7, 11) is 4.38. The maximum atomic E-state index is 12.8. The topological polar surface area (TPSA) is 71.5 Å². The summed E-state index contributed by atoms with van der Waals surface area (Å²) in [4.78, 5) is 17.6. The molecule has 1 N–H and O–H groups in total. The summed E-state index contributed by atoms with van der Waals surface area (Å²) in [5.41, 5.74) is 7.40. The van der Waals surface area contributed by atoms with Gasteiger partial charge in [0.05, 0.1) is 12.5 Å². The number of aliphatic hydroxyl groups is 1. The average molecular weight is 685 g/mol. The third kappa shape index (κ3) is 10.8. The van der Waals surface area contributed by atoms with Gasteiger partial charge in [0, 0.05) is 69.9 Å². The maximum absolute atomic E-state index is 12.8. The van der Waals surface area contributed by atoms with Crippen molar-refractivity contribution < 1.29 is 24.1 Å². The Balaban J connectivity index is 1.36. The van der Waals surface area contributed by atoms with Crippen molar-refractivity contribution in [1.29, 1.82) is 0 Å². The molecule has 0 saturated carbocycles. The Labute approximate surface area is 301 Å². The fraction of sp³-hybridized carbons (Fsp3) is 0.558. The molecule has 3 atom stereocenters. The number of ether oxygens (including phenoxy) is 3. The van der Waals surface area contributed by atoms with Crippen LogP contribution >= 0.6 is 0 Å². The number of allylic oxidation sites excluding steroid dienone is 2. The molecule has 0 radical (unpaired) electrons. The van der Waals surface area contributed by atoms with Crippen LogP contribution in [-0.4, -0.2) is 76.4 Å². The average Bonchev–Trinajstić information content (AvgIpc) is 3.15. The normalized spacial score (nSPS) is 23.9. The molecule has 3 aliphatic heterocycles. The van der Waals surface area contributed by atoms with Gasteiger partial charge in [-0.3, -0.25) is 4.79 Å². The summed E-state index contributed by atoms with van der Waals surface area (Å²) in [6.45, 7) is 7.96. The smallest absolute Gasteiger partial charge is 0.308 e. The second-order valence-corrected chi connectivity index (χ2v) is 14.3. The van der Waals surface area contributed by atoms with Crippen molar-refractivity contribution in [3.8, 4) is 0 Å². The van der Waals surface area contributed by atoms with Crippen molar-refractivity contribution in [2.75, 3.05) is 56.9 Å². The highest BCUT2D eigenvalue weighted by Crippen LogP contribution is 2.31. The summed E-state index contributed by atoms with van der Waals surface area (Å²) in [6.07, 6.45) is 16.7. The standard InChI is InChI=1S/C43H60N2O5/c1-5-34(26-32-10-7-14-40(28-32)44(3)38-18-22-48-23-19-38)36-12-9-13-37(31-50-43(47)30-42(46)17-16-36)35(6-2)27-33-11-8-15-41(29-33)45(4)39-20-24-49-25-21-39/h7-11,13-15,26-29,36-39,42,46H,5-6,12,16-25,30-31H2,1-4H3/b13-9?,34-26+,35-27+. The number of benzene rings is 2. The van der Waals surface area contributed by atoms with Gasteiger partial charge in [0.15, 0.2) is 0 Å². The zero-order valence-corrected chi connectivity index (χ0v) is 30.9. The van der Waals surface area contributed by atoms with Crippen molar-refractivity contribution in [3.05, 3.63) is 83.0 Å². The summed E-state index contributed by atoms with van der Waals surface area (Å²) >= 11 is 0. The molecular weight excluding hydrogens is 624 g/mol.